The van der Waals surface area contributed by atoms with E-state index in [4.69, 9.17) is 5.73 Å². The molecule has 0 saturated carbocycles. The Morgan fingerprint density at radius 1 is 0.833 bits per heavy atom. The van der Waals surface area contributed by atoms with Gasteiger partial charge >= 0.3 is 0 Å². The molecule has 0 unspecified atom stereocenters. The fourth-order valence-electron chi connectivity index (χ4n) is 1.25. The van der Waals surface area contributed by atoms with Crippen LogP contribution in [0, 0.1) is 0 Å². The van der Waals surface area contributed by atoms with Gasteiger partial charge in [0.05, 0.1) is 0 Å². The standard InChI is InChI=1S/C10H9N.K/c11-10-7-3-5-8-4-1-2-6-9(8)10;/h1-7H,11H2;. The first-order valence-corrected chi connectivity index (χ1v) is 3.61. The molecule has 2 aromatic carbocycles. The second kappa shape index (κ2) is 4.39. The molecular weight excluding hydrogens is 173 g/mol. The van der Waals surface area contributed by atoms with Gasteiger partial charge in [-0.2, -0.15) is 0 Å². The molecule has 2 rings (SSSR count). The van der Waals surface area contributed by atoms with Crippen molar-refractivity contribution in [3.63, 3.8) is 0 Å². The molecule has 12 heavy (non-hydrogen) atoms. The number of rotatable bonds is 0. The van der Waals surface area contributed by atoms with Gasteiger partial charge in [-0.3, -0.25) is 0 Å². The van der Waals surface area contributed by atoms with E-state index < -0.39 is 0 Å². The van der Waals surface area contributed by atoms with E-state index in [-0.39, 0.29) is 51.4 Å². The molecule has 2 heteroatoms. The predicted molar refractivity (Wildman–Crippen MR) is 54.1 cm³/mol. The smallest absolute Gasteiger partial charge is 0.0393 e. The molecule has 0 bridgehead atoms. The number of nitrogens with two attached hydrogens (primary N) is 1. The van der Waals surface area contributed by atoms with Crippen molar-refractivity contribution < 1.29 is 0 Å². The molecule has 0 atom stereocenters. The van der Waals surface area contributed by atoms with E-state index in [9.17, 15) is 0 Å². The van der Waals surface area contributed by atoms with Crippen molar-refractivity contribution >= 4 is 67.8 Å². The van der Waals surface area contributed by atoms with Gasteiger partial charge in [0, 0.05) is 62.5 Å². The van der Waals surface area contributed by atoms with Gasteiger partial charge in [-0.1, -0.05) is 36.4 Å². The minimum atomic E-state index is 0. The van der Waals surface area contributed by atoms with Crippen LogP contribution in [0.1, 0.15) is 0 Å². The molecule has 0 heterocycles. The van der Waals surface area contributed by atoms with E-state index in [1.165, 1.54) is 5.39 Å². The fraction of sp³-hybridized carbons (Fsp3) is 0. The van der Waals surface area contributed by atoms with Gasteiger partial charge in [-0.25, -0.2) is 0 Å². The van der Waals surface area contributed by atoms with Crippen LogP contribution in [0.25, 0.3) is 10.8 Å². The van der Waals surface area contributed by atoms with Crippen LogP contribution in [0.4, 0.5) is 5.69 Å². The van der Waals surface area contributed by atoms with Crippen LogP contribution in [0.3, 0.4) is 0 Å². The predicted octanol–water partition coefficient (Wildman–Crippen LogP) is 2.04. The Labute approximate surface area is 114 Å². The summed E-state index contributed by atoms with van der Waals surface area (Å²) in [5.41, 5.74) is 6.61. The number of anilines is 1. The summed E-state index contributed by atoms with van der Waals surface area (Å²) in [6.45, 7) is 0. The molecule has 1 radical (unpaired) electrons. The summed E-state index contributed by atoms with van der Waals surface area (Å²) in [5.74, 6) is 0. The molecule has 55 valence electrons. The molecule has 0 saturated heterocycles. The van der Waals surface area contributed by atoms with E-state index in [0.717, 1.165) is 11.1 Å². The largest absolute Gasteiger partial charge is 0.398 e. The van der Waals surface area contributed by atoms with Crippen LogP contribution in [0.15, 0.2) is 42.5 Å². The summed E-state index contributed by atoms with van der Waals surface area (Å²) in [7, 11) is 0. The summed E-state index contributed by atoms with van der Waals surface area (Å²) in [5, 5.41) is 2.34. The normalized spacial score (nSPS) is 9.33. The first-order chi connectivity index (χ1) is 5.38. The first-order valence-electron chi connectivity index (χ1n) is 3.61. The van der Waals surface area contributed by atoms with Gasteiger partial charge in [0.2, 0.25) is 0 Å². The first kappa shape index (κ1) is 10.2. The molecule has 0 amide bonds. The number of benzene rings is 2. The van der Waals surface area contributed by atoms with Crippen LogP contribution in [-0.4, -0.2) is 51.4 Å². The summed E-state index contributed by atoms with van der Waals surface area (Å²) in [6.07, 6.45) is 0. The molecule has 1 nitrogen and oxygen atoms in total. The van der Waals surface area contributed by atoms with Gasteiger partial charge in [0.15, 0.2) is 0 Å². The molecule has 0 aliphatic rings. The second-order valence-electron chi connectivity index (χ2n) is 2.57. The van der Waals surface area contributed by atoms with E-state index in [1.807, 2.05) is 30.3 Å². The Morgan fingerprint density at radius 2 is 1.50 bits per heavy atom. The zero-order valence-electron chi connectivity index (χ0n) is 7.12. The average molecular weight is 182 g/mol. The summed E-state index contributed by atoms with van der Waals surface area (Å²) >= 11 is 0. The maximum atomic E-state index is 5.76. The SMILES string of the molecule is Nc1cccc2ccccc12.[K]. The summed E-state index contributed by atoms with van der Waals surface area (Å²) in [6, 6.07) is 14.1. The van der Waals surface area contributed by atoms with Crippen molar-refractivity contribution in [2.24, 2.45) is 0 Å². The minimum absolute atomic E-state index is 0. The molecule has 0 aliphatic carbocycles. The van der Waals surface area contributed by atoms with Crippen LogP contribution in [-0.2, 0) is 0 Å². The number of hydrogen-bond donors (Lipinski definition) is 1. The van der Waals surface area contributed by atoms with Crippen LogP contribution in [0.2, 0.25) is 0 Å². The summed E-state index contributed by atoms with van der Waals surface area (Å²) < 4.78 is 0. The maximum Gasteiger partial charge on any atom is 0.0393 e. The van der Waals surface area contributed by atoms with E-state index in [1.54, 1.807) is 0 Å². The van der Waals surface area contributed by atoms with E-state index >= 15 is 0 Å². The molecular formula is C10H9KN. The second-order valence-corrected chi connectivity index (χ2v) is 2.57. The van der Waals surface area contributed by atoms with Crippen molar-refractivity contribution in [2.45, 2.75) is 0 Å². The van der Waals surface area contributed by atoms with Gasteiger partial charge in [0.25, 0.3) is 0 Å². The van der Waals surface area contributed by atoms with Crippen LogP contribution >= 0.6 is 0 Å². The van der Waals surface area contributed by atoms with Crippen molar-refractivity contribution in [3.05, 3.63) is 42.5 Å². The van der Waals surface area contributed by atoms with Crippen molar-refractivity contribution in [3.8, 4) is 0 Å². The molecule has 0 aromatic heterocycles. The van der Waals surface area contributed by atoms with Gasteiger partial charge in [-0.05, 0) is 11.5 Å². The Morgan fingerprint density at radius 3 is 2.25 bits per heavy atom. The Balaban J connectivity index is 0.000000720. The third-order valence-electron chi connectivity index (χ3n) is 1.82. The molecule has 0 aliphatic heterocycles. The van der Waals surface area contributed by atoms with Crippen LogP contribution < -0.4 is 5.73 Å². The fourth-order valence-corrected chi connectivity index (χ4v) is 1.25. The van der Waals surface area contributed by atoms with Gasteiger partial charge in [0.1, 0.15) is 0 Å². The van der Waals surface area contributed by atoms with E-state index in [2.05, 4.69) is 12.1 Å². The zero-order chi connectivity index (χ0) is 7.68. The molecule has 2 N–H and O–H groups in total. The third-order valence-corrected chi connectivity index (χ3v) is 1.82. The van der Waals surface area contributed by atoms with Crippen molar-refractivity contribution in [2.75, 3.05) is 5.73 Å². The molecule has 2 aromatic rings. The number of hydrogen-bond acceptors (Lipinski definition) is 1. The zero-order valence-corrected chi connectivity index (χ0v) is 10.2. The molecule has 0 spiro atoms. The van der Waals surface area contributed by atoms with Crippen molar-refractivity contribution in [1.29, 1.82) is 0 Å². The Bertz CT molecular complexity index is 379. The number of fused-ring (bicyclic) bond motifs is 1. The monoisotopic (exact) mass is 182 g/mol. The quantitative estimate of drug-likeness (QED) is 0.489. The van der Waals surface area contributed by atoms with E-state index in [0.29, 0.717) is 0 Å². The van der Waals surface area contributed by atoms with Gasteiger partial charge in [-0.15, -0.1) is 0 Å². The third kappa shape index (κ3) is 1.89. The average Bonchev–Trinajstić information content (AvgIpc) is 2.06. The minimum Gasteiger partial charge on any atom is -0.398 e. The maximum absolute atomic E-state index is 5.76. The van der Waals surface area contributed by atoms with Gasteiger partial charge < -0.3 is 5.73 Å². The number of nitrogen functional groups attached to an aromatic ring is 1. The summed E-state index contributed by atoms with van der Waals surface area (Å²) in [4.78, 5) is 0. The van der Waals surface area contributed by atoms with Crippen LogP contribution in [0.5, 0.6) is 0 Å². The Hall–Kier alpha value is 0.136. The molecule has 0 fully saturated rings. The topological polar surface area (TPSA) is 26.0 Å². The van der Waals surface area contributed by atoms with Crippen molar-refractivity contribution in [1.82, 2.24) is 0 Å². The Kier molecular flexibility index (Phi) is 3.74.